The molecule has 6 heteroatoms. The molecule has 0 fully saturated rings. The minimum absolute atomic E-state index is 0. The van der Waals surface area contributed by atoms with Gasteiger partial charge < -0.3 is 20.5 Å². The van der Waals surface area contributed by atoms with Crippen LogP contribution in [-0.4, -0.2) is 12.7 Å². The third-order valence-corrected chi connectivity index (χ3v) is 2.84. The van der Waals surface area contributed by atoms with Crippen LogP contribution in [0, 0.1) is 0 Å². The summed E-state index contributed by atoms with van der Waals surface area (Å²) in [6.07, 6.45) is 0. The van der Waals surface area contributed by atoms with E-state index in [1.165, 1.54) is 0 Å². The van der Waals surface area contributed by atoms with Crippen LogP contribution < -0.4 is 20.5 Å². The maximum Gasteiger partial charge on any atom is 0.257 e. The normalized spacial score (nSPS) is 11.6. The Hall–Kier alpha value is -2.40. The van der Waals surface area contributed by atoms with Crippen LogP contribution >= 0.6 is 12.4 Å². The standard InChI is InChI=1S/C14H12N2O3.ClH/c15-11-4-2-1-3-10(11)14(17)16-9-5-6-12-13(7-9)19-8-18-12;/h1-7H,8,15H2,(H,16,17);1H. The number of nitrogens with two attached hydrogens (primary N) is 1. The van der Waals surface area contributed by atoms with Gasteiger partial charge in [-0.1, -0.05) is 12.1 Å². The molecule has 1 aliphatic heterocycles. The number of carbonyl (C=O) groups excluding carboxylic acids is 1. The first kappa shape index (κ1) is 14.0. The van der Waals surface area contributed by atoms with Gasteiger partial charge in [-0.05, 0) is 24.3 Å². The Labute approximate surface area is 122 Å². The van der Waals surface area contributed by atoms with Crippen molar-refractivity contribution in [2.45, 2.75) is 0 Å². The molecule has 2 aromatic rings. The first-order chi connectivity index (χ1) is 9.24. The zero-order chi connectivity index (χ0) is 13.2. The van der Waals surface area contributed by atoms with Crippen LogP contribution in [0.2, 0.25) is 0 Å². The van der Waals surface area contributed by atoms with Gasteiger partial charge in [0, 0.05) is 17.4 Å². The Balaban J connectivity index is 0.00000147. The smallest absolute Gasteiger partial charge is 0.257 e. The predicted molar refractivity (Wildman–Crippen MR) is 78.6 cm³/mol. The van der Waals surface area contributed by atoms with Crippen molar-refractivity contribution in [1.82, 2.24) is 0 Å². The Kier molecular flexibility index (Phi) is 4.00. The number of carbonyl (C=O) groups is 1. The van der Waals surface area contributed by atoms with Gasteiger partial charge >= 0.3 is 0 Å². The van der Waals surface area contributed by atoms with E-state index in [4.69, 9.17) is 15.2 Å². The first-order valence-corrected chi connectivity index (χ1v) is 5.79. The fraction of sp³-hybridized carbons (Fsp3) is 0.0714. The zero-order valence-electron chi connectivity index (χ0n) is 10.5. The lowest BCUT2D eigenvalue weighted by Crippen LogP contribution is -2.13. The van der Waals surface area contributed by atoms with E-state index in [2.05, 4.69) is 5.32 Å². The third-order valence-electron chi connectivity index (χ3n) is 2.84. The van der Waals surface area contributed by atoms with Gasteiger partial charge in [0.1, 0.15) is 0 Å². The molecule has 104 valence electrons. The number of amides is 1. The lowest BCUT2D eigenvalue weighted by atomic mass is 10.1. The van der Waals surface area contributed by atoms with Gasteiger partial charge in [0.15, 0.2) is 11.5 Å². The molecular formula is C14H13ClN2O3. The molecule has 1 heterocycles. The van der Waals surface area contributed by atoms with E-state index in [-0.39, 0.29) is 25.1 Å². The lowest BCUT2D eigenvalue weighted by Gasteiger charge is -2.07. The van der Waals surface area contributed by atoms with E-state index in [1.807, 2.05) is 0 Å². The number of anilines is 2. The first-order valence-electron chi connectivity index (χ1n) is 5.79. The summed E-state index contributed by atoms with van der Waals surface area (Å²) in [6, 6.07) is 12.2. The molecule has 0 saturated carbocycles. The molecule has 0 bridgehead atoms. The lowest BCUT2D eigenvalue weighted by molar-refractivity contribution is 0.102. The maximum absolute atomic E-state index is 12.1. The molecule has 0 spiro atoms. The average molecular weight is 293 g/mol. The summed E-state index contributed by atoms with van der Waals surface area (Å²) in [5.41, 5.74) is 7.29. The number of nitrogens with one attached hydrogen (secondary N) is 1. The minimum Gasteiger partial charge on any atom is -0.454 e. The highest BCUT2D eigenvalue weighted by Crippen LogP contribution is 2.34. The number of rotatable bonds is 2. The van der Waals surface area contributed by atoms with E-state index in [0.717, 1.165) is 0 Å². The number of hydrogen-bond donors (Lipinski definition) is 2. The van der Waals surface area contributed by atoms with Gasteiger partial charge in [0.25, 0.3) is 5.91 Å². The minimum atomic E-state index is -0.253. The molecule has 1 amide bonds. The van der Waals surface area contributed by atoms with E-state index in [1.54, 1.807) is 42.5 Å². The summed E-state index contributed by atoms with van der Waals surface area (Å²) in [5, 5.41) is 2.77. The van der Waals surface area contributed by atoms with Gasteiger partial charge in [-0.15, -0.1) is 12.4 Å². The number of fused-ring (bicyclic) bond motifs is 1. The summed E-state index contributed by atoms with van der Waals surface area (Å²) >= 11 is 0. The third kappa shape index (κ3) is 2.62. The predicted octanol–water partition coefficient (Wildman–Crippen LogP) is 2.67. The Bertz CT molecular complexity index is 646. The number of nitrogen functional groups attached to an aromatic ring is 1. The number of ether oxygens (including phenoxy) is 2. The second-order valence-electron chi connectivity index (χ2n) is 4.11. The summed E-state index contributed by atoms with van der Waals surface area (Å²) in [4.78, 5) is 12.1. The molecule has 0 radical (unpaired) electrons. The van der Waals surface area contributed by atoms with Crippen LogP contribution in [0.1, 0.15) is 10.4 Å². The SMILES string of the molecule is Cl.Nc1ccccc1C(=O)Nc1ccc2c(c1)OCO2. The van der Waals surface area contributed by atoms with Gasteiger partial charge in [-0.25, -0.2) is 0 Å². The second-order valence-corrected chi connectivity index (χ2v) is 4.11. The molecule has 3 rings (SSSR count). The molecule has 1 aliphatic rings. The summed E-state index contributed by atoms with van der Waals surface area (Å²) in [7, 11) is 0. The average Bonchev–Trinajstić information content (AvgIpc) is 2.86. The van der Waals surface area contributed by atoms with E-state index in [0.29, 0.717) is 28.4 Å². The molecule has 2 aromatic carbocycles. The van der Waals surface area contributed by atoms with Crippen LogP contribution in [0.3, 0.4) is 0 Å². The van der Waals surface area contributed by atoms with Crippen molar-refractivity contribution in [1.29, 1.82) is 0 Å². The van der Waals surface area contributed by atoms with Gasteiger partial charge in [0.2, 0.25) is 6.79 Å². The van der Waals surface area contributed by atoms with Gasteiger partial charge in [0.05, 0.1) is 5.56 Å². The van der Waals surface area contributed by atoms with Gasteiger partial charge in [-0.2, -0.15) is 0 Å². The highest BCUT2D eigenvalue weighted by Gasteiger charge is 2.15. The van der Waals surface area contributed by atoms with Crippen molar-refractivity contribution in [3.8, 4) is 11.5 Å². The van der Waals surface area contributed by atoms with Crippen molar-refractivity contribution in [3.63, 3.8) is 0 Å². The molecule has 0 unspecified atom stereocenters. The molecule has 0 saturated heterocycles. The van der Waals surface area contributed by atoms with Crippen LogP contribution in [0.25, 0.3) is 0 Å². The molecule has 0 aromatic heterocycles. The Morgan fingerprint density at radius 2 is 1.85 bits per heavy atom. The van der Waals surface area contributed by atoms with Crippen molar-refractivity contribution in [2.75, 3.05) is 17.8 Å². The monoisotopic (exact) mass is 292 g/mol. The van der Waals surface area contributed by atoms with E-state index >= 15 is 0 Å². The fourth-order valence-corrected chi connectivity index (χ4v) is 1.88. The number of hydrogen-bond acceptors (Lipinski definition) is 4. The van der Waals surface area contributed by atoms with Crippen LogP contribution in [0.4, 0.5) is 11.4 Å². The fourth-order valence-electron chi connectivity index (χ4n) is 1.88. The summed E-state index contributed by atoms with van der Waals surface area (Å²) in [5.74, 6) is 1.05. The van der Waals surface area contributed by atoms with Crippen LogP contribution in [0.15, 0.2) is 42.5 Å². The molecule has 0 aliphatic carbocycles. The number of halogens is 1. The highest BCUT2D eigenvalue weighted by atomic mass is 35.5. The van der Waals surface area contributed by atoms with Crippen molar-refractivity contribution >= 4 is 29.7 Å². The Morgan fingerprint density at radius 3 is 2.65 bits per heavy atom. The topological polar surface area (TPSA) is 73.6 Å². The molecule has 20 heavy (non-hydrogen) atoms. The van der Waals surface area contributed by atoms with Crippen molar-refractivity contribution < 1.29 is 14.3 Å². The van der Waals surface area contributed by atoms with Gasteiger partial charge in [-0.3, -0.25) is 4.79 Å². The quantitative estimate of drug-likeness (QED) is 0.835. The highest BCUT2D eigenvalue weighted by molar-refractivity contribution is 6.07. The largest absolute Gasteiger partial charge is 0.454 e. The maximum atomic E-state index is 12.1. The van der Waals surface area contributed by atoms with Crippen LogP contribution in [-0.2, 0) is 0 Å². The second kappa shape index (κ2) is 5.71. The molecule has 5 nitrogen and oxygen atoms in total. The summed E-state index contributed by atoms with van der Waals surface area (Å²) < 4.78 is 10.5. The van der Waals surface area contributed by atoms with Crippen molar-refractivity contribution in [2.24, 2.45) is 0 Å². The van der Waals surface area contributed by atoms with Crippen LogP contribution in [0.5, 0.6) is 11.5 Å². The van der Waals surface area contributed by atoms with Crippen molar-refractivity contribution in [3.05, 3.63) is 48.0 Å². The number of para-hydroxylation sites is 1. The Morgan fingerprint density at radius 1 is 1.10 bits per heavy atom. The number of benzene rings is 2. The summed E-state index contributed by atoms with van der Waals surface area (Å²) in [6.45, 7) is 0.207. The van der Waals surface area contributed by atoms with E-state index in [9.17, 15) is 4.79 Å². The van der Waals surface area contributed by atoms with E-state index < -0.39 is 0 Å². The molecular weight excluding hydrogens is 280 g/mol. The molecule has 0 atom stereocenters. The zero-order valence-corrected chi connectivity index (χ0v) is 11.3. The molecule has 3 N–H and O–H groups in total.